The Morgan fingerprint density at radius 3 is 2.43 bits per heavy atom. The van der Waals surface area contributed by atoms with Gasteiger partial charge in [-0.05, 0) is 42.0 Å². The highest BCUT2D eigenvalue weighted by atomic mass is 35.5. The van der Waals surface area contributed by atoms with E-state index in [0.717, 1.165) is 37.7 Å². The number of hydrogen-bond acceptors (Lipinski definition) is 6. The van der Waals surface area contributed by atoms with Gasteiger partial charge in [0, 0.05) is 31.0 Å². The molecule has 2 aromatic rings. The van der Waals surface area contributed by atoms with Gasteiger partial charge >= 0.3 is 6.09 Å². The largest absolute Gasteiger partial charge is 0.445 e. The standard InChI is InChI=1S/C32H44ClN3O6/c1-23(30(39)36(2)17-16-24-10-5-3-6-11-24)20-32(41,22-37)35-29(38)28(19-25-12-7-4-8-13-25)34-31(40)42-21-26-14-9-15-27(33)18-26/h3,5-6,9-11,14-15,18,23,25,28,37,41H,4,7-8,12-13,16-17,19-22H2,1-2H3,(H,34,40)(H,35,38)/t23?,28-,32?/m0/s1. The van der Waals surface area contributed by atoms with Crippen LogP contribution in [0, 0.1) is 11.8 Å². The van der Waals surface area contributed by atoms with E-state index in [9.17, 15) is 24.6 Å². The first kappa shape index (κ1) is 33.4. The van der Waals surface area contributed by atoms with Crippen molar-refractivity contribution in [2.45, 2.75) is 76.7 Å². The van der Waals surface area contributed by atoms with E-state index in [1.165, 1.54) is 0 Å². The molecule has 0 spiro atoms. The molecule has 4 N–H and O–H groups in total. The summed E-state index contributed by atoms with van der Waals surface area (Å²) in [6.07, 6.45) is 5.20. The van der Waals surface area contributed by atoms with Gasteiger partial charge in [0.25, 0.3) is 0 Å². The second-order valence-corrected chi connectivity index (χ2v) is 11.9. The molecule has 1 fully saturated rings. The summed E-state index contributed by atoms with van der Waals surface area (Å²) in [6, 6.07) is 15.7. The number of amides is 3. The van der Waals surface area contributed by atoms with Crippen molar-refractivity contribution in [2.75, 3.05) is 20.2 Å². The summed E-state index contributed by atoms with van der Waals surface area (Å²) in [6.45, 7) is 1.32. The highest BCUT2D eigenvalue weighted by Gasteiger charge is 2.36. The summed E-state index contributed by atoms with van der Waals surface area (Å²) >= 11 is 6.01. The highest BCUT2D eigenvalue weighted by molar-refractivity contribution is 6.30. The van der Waals surface area contributed by atoms with Crippen molar-refractivity contribution < 1.29 is 29.3 Å². The average molecular weight is 602 g/mol. The number of nitrogens with one attached hydrogen (secondary N) is 2. The van der Waals surface area contributed by atoms with Crippen LogP contribution in [-0.4, -0.2) is 65.0 Å². The predicted molar refractivity (Wildman–Crippen MR) is 161 cm³/mol. The van der Waals surface area contributed by atoms with Crippen molar-refractivity contribution in [3.63, 3.8) is 0 Å². The summed E-state index contributed by atoms with van der Waals surface area (Å²) in [5, 5.41) is 26.9. The lowest BCUT2D eigenvalue weighted by Gasteiger charge is -2.33. The smallest absolute Gasteiger partial charge is 0.408 e. The first-order chi connectivity index (χ1) is 20.1. The normalized spacial score (nSPS) is 16.5. The van der Waals surface area contributed by atoms with Crippen LogP contribution in [-0.2, 0) is 27.4 Å². The molecular weight excluding hydrogens is 558 g/mol. The van der Waals surface area contributed by atoms with E-state index in [0.29, 0.717) is 30.0 Å². The van der Waals surface area contributed by atoms with Crippen LogP contribution >= 0.6 is 11.6 Å². The summed E-state index contributed by atoms with van der Waals surface area (Å²) in [5.74, 6) is -1.32. The first-order valence-corrected chi connectivity index (χ1v) is 15.1. The van der Waals surface area contributed by atoms with Crippen LogP contribution in [0.15, 0.2) is 54.6 Å². The van der Waals surface area contributed by atoms with Crippen molar-refractivity contribution >= 4 is 29.5 Å². The maximum Gasteiger partial charge on any atom is 0.408 e. The lowest BCUT2D eigenvalue weighted by molar-refractivity contribution is -0.143. The Balaban J connectivity index is 1.60. The van der Waals surface area contributed by atoms with Gasteiger partial charge in [0.2, 0.25) is 11.8 Å². The molecular formula is C32H44ClN3O6. The number of aliphatic hydroxyl groups is 2. The summed E-state index contributed by atoms with van der Waals surface area (Å²) in [4.78, 5) is 40.7. The Labute approximate surface area is 253 Å². The maximum atomic E-state index is 13.4. The molecule has 0 aromatic heterocycles. The number of nitrogens with zero attached hydrogens (tertiary/aromatic N) is 1. The fourth-order valence-corrected chi connectivity index (χ4v) is 5.65. The zero-order chi connectivity index (χ0) is 30.5. The second-order valence-electron chi connectivity index (χ2n) is 11.4. The quantitative estimate of drug-likeness (QED) is 0.237. The van der Waals surface area contributed by atoms with Gasteiger partial charge in [-0.1, -0.05) is 93.1 Å². The molecule has 2 aromatic carbocycles. The number of likely N-dealkylation sites (N-methyl/N-ethyl adjacent to an activating group) is 1. The number of aliphatic hydroxyl groups excluding tert-OH is 1. The number of carbonyl (C=O) groups excluding carboxylic acids is 3. The van der Waals surface area contributed by atoms with E-state index in [1.807, 2.05) is 30.3 Å². The van der Waals surface area contributed by atoms with Gasteiger partial charge < -0.3 is 30.5 Å². The van der Waals surface area contributed by atoms with E-state index in [2.05, 4.69) is 10.6 Å². The molecule has 0 aliphatic heterocycles. The minimum Gasteiger partial charge on any atom is -0.445 e. The topological polar surface area (TPSA) is 128 Å². The molecule has 0 bridgehead atoms. The van der Waals surface area contributed by atoms with Crippen LogP contribution in [0.3, 0.4) is 0 Å². The lowest BCUT2D eigenvalue weighted by Crippen LogP contribution is -2.59. The first-order valence-electron chi connectivity index (χ1n) is 14.7. The van der Waals surface area contributed by atoms with Crippen LogP contribution in [0.2, 0.25) is 5.02 Å². The van der Waals surface area contributed by atoms with Gasteiger partial charge in [-0.25, -0.2) is 4.79 Å². The van der Waals surface area contributed by atoms with Crippen molar-refractivity contribution in [1.29, 1.82) is 0 Å². The molecule has 0 saturated heterocycles. The molecule has 3 rings (SSSR count). The minimum atomic E-state index is -2.05. The van der Waals surface area contributed by atoms with E-state index >= 15 is 0 Å². The van der Waals surface area contributed by atoms with Crippen LogP contribution < -0.4 is 10.6 Å². The molecule has 1 aliphatic rings. The van der Waals surface area contributed by atoms with E-state index in [-0.39, 0.29) is 24.9 Å². The summed E-state index contributed by atoms with van der Waals surface area (Å²) < 4.78 is 5.34. The molecule has 9 nitrogen and oxygen atoms in total. The van der Waals surface area contributed by atoms with Crippen LogP contribution in [0.25, 0.3) is 0 Å². The Hall–Kier alpha value is -3.14. The molecule has 230 valence electrons. The monoisotopic (exact) mass is 601 g/mol. The SMILES string of the molecule is CC(CC(O)(CO)NC(=O)[C@H](CC1CCCCC1)NC(=O)OCc1cccc(Cl)c1)C(=O)N(C)CCc1ccccc1. The van der Waals surface area contributed by atoms with Gasteiger partial charge in [0.05, 0.1) is 6.61 Å². The van der Waals surface area contributed by atoms with E-state index in [1.54, 1.807) is 43.1 Å². The molecule has 1 saturated carbocycles. The Kier molecular flexibility index (Phi) is 13.1. The van der Waals surface area contributed by atoms with Gasteiger partial charge in [-0.15, -0.1) is 0 Å². The number of hydrogen-bond donors (Lipinski definition) is 4. The Bertz CT molecular complexity index is 1160. The van der Waals surface area contributed by atoms with Crippen molar-refractivity contribution in [1.82, 2.24) is 15.5 Å². The van der Waals surface area contributed by atoms with Crippen LogP contribution in [0.5, 0.6) is 0 Å². The number of rotatable bonds is 14. The number of halogens is 1. The zero-order valence-electron chi connectivity index (χ0n) is 24.6. The zero-order valence-corrected chi connectivity index (χ0v) is 25.3. The Morgan fingerprint density at radius 2 is 1.76 bits per heavy atom. The number of carbonyl (C=O) groups is 3. The second kappa shape index (κ2) is 16.5. The maximum absolute atomic E-state index is 13.4. The Morgan fingerprint density at radius 1 is 1.07 bits per heavy atom. The van der Waals surface area contributed by atoms with Gasteiger partial charge in [-0.3, -0.25) is 9.59 Å². The molecule has 10 heteroatoms. The average Bonchev–Trinajstić information content (AvgIpc) is 2.99. The molecule has 42 heavy (non-hydrogen) atoms. The third-order valence-electron chi connectivity index (χ3n) is 7.80. The fraction of sp³-hybridized carbons (Fsp3) is 0.531. The van der Waals surface area contributed by atoms with E-state index < -0.39 is 36.3 Å². The third kappa shape index (κ3) is 10.9. The molecule has 3 atom stereocenters. The molecule has 0 radical (unpaired) electrons. The molecule has 3 amide bonds. The highest BCUT2D eigenvalue weighted by Crippen LogP contribution is 2.28. The number of alkyl carbamates (subject to hydrolysis) is 1. The lowest BCUT2D eigenvalue weighted by atomic mass is 9.84. The fourth-order valence-electron chi connectivity index (χ4n) is 5.44. The summed E-state index contributed by atoms with van der Waals surface area (Å²) in [7, 11) is 1.69. The third-order valence-corrected chi connectivity index (χ3v) is 8.03. The molecule has 1 aliphatic carbocycles. The molecule has 0 heterocycles. The van der Waals surface area contributed by atoms with Gasteiger partial charge in [0.15, 0.2) is 5.72 Å². The van der Waals surface area contributed by atoms with Crippen LogP contribution in [0.4, 0.5) is 4.79 Å². The predicted octanol–water partition coefficient (Wildman–Crippen LogP) is 4.43. The van der Waals surface area contributed by atoms with E-state index in [4.69, 9.17) is 16.3 Å². The van der Waals surface area contributed by atoms with Crippen LogP contribution in [0.1, 0.15) is 63.0 Å². The van der Waals surface area contributed by atoms with Gasteiger partial charge in [0.1, 0.15) is 12.6 Å². The number of benzene rings is 2. The van der Waals surface area contributed by atoms with Gasteiger partial charge in [-0.2, -0.15) is 0 Å². The number of ether oxygens (including phenoxy) is 1. The van der Waals surface area contributed by atoms with Crippen molar-refractivity contribution in [2.24, 2.45) is 11.8 Å². The van der Waals surface area contributed by atoms with Crippen molar-refractivity contribution in [3.8, 4) is 0 Å². The van der Waals surface area contributed by atoms with Crippen molar-refractivity contribution in [3.05, 3.63) is 70.7 Å². The molecule has 2 unspecified atom stereocenters. The minimum absolute atomic E-state index is 0.0256. The summed E-state index contributed by atoms with van der Waals surface area (Å²) in [5.41, 5.74) is -0.247.